The summed E-state index contributed by atoms with van der Waals surface area (Å²) in [5.74, 6) is 0.623. The van der Waals surface area contributed by atoms with Gasteiger partial charge in [0.15, 0.2) is 0 Å². The average Bonchev–Trinajstić information content (AvgIpc) is 2.62. The van der Waals surface area contributed by atoms with Crippen LogP contribution in [0.25, 0.3) is 0 Å². The Morgan fingerprint density at radius 1 is 1.45 bits per heavy atom. The Morgan fingerprint density at radius 2 is 2.20 bits per heavy atom. The van der Waals surface area contributed by atoms with Crippen LogP contribution in [0.15, 0.2) is 22.8 Å². The first-order chi connectivity index (χ1) is 9.49. The van der Waals surface area contributed by atoms with Gasteiger partial charge in [0, 0.05) is 13.2 Å². The number of hydrogen-bond donors (Lipinski definition) is 1. The number of nitrogens with zero attached hydrogens (tertiary/aromatic N) is 3. The molecule has 0 radical (unpaired) electrons. The van der Waals surface area contributed by atoms with Crippen LogP contribution < -0.4 is 10.1 Å². The van der Waals surface area contributed by atoms with E-state index in [4.69, 9.17) is 4.74 Å². The zero-order valence-electron chi connectivity index (χ0n) is 12.1. The topological polar surface area (TPSA) is 52.0 Å². The smallest absolute Gasteiger partial charge is 0.237 e. The van der Waals surface area contributed by atoms with Crippen LogP contribution in [0.1, 0.15) is 25.2 Å². The molecular formula is C14H19BrN4O. The summed E-state index contributed by atoms with van der Waals surface area (Å²) >= 11 is 3.56. The highest BCUT2D eigenvalue weighted by molar-refractivity contribution is 9.10. The van der Waals surface area contributed by atoms with E-state index in [2.05, 4.69) is 31.3 Å². The van der Waals surface area contributed by atoms with Gasteiger partial charge < -0.3 is 10.1 Å². The van der Waals surface area contributed by atoms with Gasteiger partial charge in [0.1, 0.15) is 0 Å². The zero-order valence-corrected chi connectivity index (χ0v) is 13.7. The third-order valence-corrected chi connectivity index (χ3v) is 3.86. The van der Waals surface area contributed by atoms with Crippen LogP contribution in [0.2, 0.25) is 0 Å². The van der Waals surface area contributed by atoms with E-state index in [9.17, 15) is 0 Å². The highest BCUT2D eigenvalue weighted by atomic mass is 79.9. The second-order valence-electron chi connectivity index (χ2n) is 4.85. The molecule has 6 heteroatoms. The van der Waals surface area contributed by atoms with Crippen molar-refractivity contribution in [3.05, 3.63) is 34.2 Å². The maximum atomic E-state index is 5.69. The maximum absolute atomic E-state index is 5.69. The number of ether oxygens (including phenoxy) is 1. The van der Waals surface area contributed by atoms with Gasteiger partial charge in [0.25, 0.3) is 0 Å². The standard InChI is InChI=1S/C14H19BrN4O/c1-9(2)20-14-11(6-5-7-16-14)17-8-12-13(15)10(3)18-19(12)4/h5-7,9,17H,8H2,1-4H3. The van der Waals surface area contributed by atoms with E-state index in [-0.39, 0.29) is 6.10 Å². The first-order valence-electron chi connectivity index (χ1n) is 6.52. The third kappa shape index (κ3) is 3.30. The number of nitrogens with one attached hydrogen (secondary N) is 1. The first-order valence-corrected chi connectivity index (χ1v) is 7.32. The summed E-state index contributed by atoms with van der Waals surface area (Å²) in [6, 6.07) is 3.85. The molecule has 2 heterocycles. The summed E-state index contributed by atoms with van der Waals surface area (Å²) in [6.45, 7) is 6.60. The lowest BCUT2D eigenvalue weighted by molar-refractivity contribution is 0.234. The predicted octanol–water partition coefficient (Wildman–Crippen LogP) is 3.29. The molecule has 20 heavy (non-hydrogen) atoms. The summed E-state index contributed by atoms with van der Waals surface area (Å²) in [4.78, 5) is 4.26. The fourth-order valence-corrected chi connectivity index (χ4v) is 2.37. The van der Waals surface area contributed by atoms with Crippen LogP contribution in [0.4, 0.5) is 5.69 Å². The Labute approximate surface area is 127 Å². The monoisotopic (exact) mass is 338 g/mol. The number of pyridine rings is 1. The van der Waals surface area contributed by atoms with Gasteiger partial charge in [-0.25, -0.2) is 4.98 Å². The second kappa shape index (κ2) is 6.26. The number of hydrogen-bond acceptors (Lipinski definition) is 4. The normalized spacial score (nSPS) is 10.9. The minimum absolute atomic E-state index is 0.0936. The highest BCUT2D eigenvalue weighted by Gasteiger charge is 2.12. The van der Waals surface area contributed by atoms with E-state index in [1.165, 1.54) is 0 Å². The second-order valence-corrected chi connectivity index (χ2v) is 5.64. The van der Waals surface area contributed by atoms with Crippen molar-refractivity contribution in [2.45, 2.75) is 33.4 Å². The molecule has 2 aromatic heterocycles. The van der Waals surface area contributed by atoms with Crippen molar-refractivity contribution in [3.8, 4) is 5.88 Å². The van der Waals surface area contributed by atoms with Crippen molar-refractivity contribution in [3.63, 3.8) is 0 Å². The number of rotatable bonds is 5. The summed E-state index contributed by atoms with van der Waals surface area (Å²) in [5, 5.41) is 7.73. The molecule has 0 fully saturated rings. The van der Waals surface area contributed by atoms with Gasteiger partial charge in [0.2, 0.25) is 5.88 Å². The van der Waals surface area contributed by atoms with Crippen LogP contribution in [0.3, 0.4) is 0 Å². The van der Waals surface area contributed by atoms with Crippen molar-refractivity contribution >= 4 is 21.6 Å². The largest absolute Gasteiger partial charge is 0.473 e. The zero-order chi connectivity index (χ0) is 14.7. The van der Waals surface area contributed by atoms with Crippen molar-refractivity contribution in [2.75, 3.05) is 5.32 Å². The van der Waals surface area contributed by atoms with E-state index in [1.54, 1.807) is 6.20 Å². The SMILES string of the molecule is Cc1nn(C)c(CNc2cccnc2OC(C)C)c1Br. The summed E-state index contributed by atoms with van der Waals surface area (Å²) in [7, 11) is 1.93. The number of aryl methyl sites for hydroxylation is 2. The maximum Gasteiger partial charge on any atom is 0.237 e. The lowest BCUT2D eigenvalue weighted by Gasteiger charge is -2.14. The molecule has 1 N–H and O–H groups in total. The quantitative estimate of drug-likeness (QED) is 0.908. The molecule has 0 aliphatic rings. The number of aromatic nitrogens is 3. The molecule has 0 spiro atoms. The van der Waals surface area contributed by atoms with Gasteiger partial charge in [-0.2, -0.15) is 5.10 Å². The molecule has 0 aliphatic heterocycles. The average molecular weight is 339 g/mol. The van der Waals surface area contributed by atoms with Gasteiger partial charge in [-0.1, -0.05) is 0 Å². The lowest BCUT2D eigenvalue weighted by atomic mass is 10.3. The molecule has 5 nitrogen and oxygen atoms in total. The van der Waals surface area contributed by atoms with Crippen molar-refractivity contribution < 1.29 is 4.74 Å². The van der Waals surface area contributed by atoms with Gasteiger partial charge >= 0.3 is 0 Å². The fourth-order valence-electron chi connectivity index (χ4n) is 1.89. The minimum atomic E-state index is 0.0936. The molecule has 0 aromatic carbocycles. The molecule has 0 atom stereocenters. The van der Waals surface area contributed by atoms with Gasteiger partial charge in [-0.3, -0.25) is 4.68 Å². The molecule has 0 aliphatic carbocycles. The molecule has 0 amide bonds. The molecule has 0 saturated carbocycles. The molecule has 0 bridgehead atoms. The van der Waals surface area contributed by atoms with Crippen LogP contribution in [-0.2, 0) is 13.6 Å². The Kier molecular flexibility index (Phi) is 4.65. The minimum Gasteiger partial charge on any atom is -0.473 e. The third-order valence-electron chi connectivity index (χ3n) is 2.83. The Hall–Kier alpha value is -1.56. The van der Waals surface area contributed by atoms with Crippen molar-refractivity contribution in [1.82, 2.24) is 14.8 Å². The van der Waals surface area contributed by atoms with E-state index < -0.39 is 0 Å². The van der Waals surface area contributed by atoms with Gasteiger partial charge in [-0.15, -0.1) is 0 Å². The van der Waals surface area contributed by atoms with Crippen LogP contribution in [0.5, 0.6) is 5.88 Å². The van der Waals surface area contributed by atoms with E-state index in [1.807, 2.05) is 44.6 Å². The Bertz CT molecular complexity index is 595. The van der Waals surface area contributed by atoms with Gasteiger partial charge in [0.05, 0.1) is 34.2 Å². The van der Waals surface area contributed by atoms with Crippen molar-refractivity contribution in [1.29, 1.82) is 0 Å². The summed E-state index contributed by atoms with van der Waals surface area (Å²) in [5.41, 5.74) is 2.95. The van der Waals surface area contributed by atoms with Crippen LogP contribution in [0, 0.1) is 6.92 Å². The first kappa shape index (κ1) is 14.8. The lowest BCUT2D eigenvalue weighted by Crippen LogP contribution is -2.11. The van der Waals surface area contributed by atoms with E-state index in [0.29, 0.717) is 12.4 Å². The predicted molar refractivity (Wildman–Crippen MR) is 83.0 cm³/mol. The Morgan fingerprint density at radius 3 is 2.80 bits per heavy atom. The van der Waals surface area contributed by atoms with E-state index in [0.717, 1.165) is 21.5 Å². The fraction of sp³-hybridized carbons (Fsp3) is 0.429. The van der Waals surface area contributed by atoms with Crippen molar-refractivity contribution in [2.24, 2.45) is 7.05 Å². The molecule has 2 rings (SSSR count). The van der Waals surface area contributed by atoms with Crippen LogP contribution >= 0.6 is 15.9 Å². The molecular weight excluding hydrogens is 320 g/mol. The number of halogens is 1. The molecule has 2 aromatic rings. The number of anilines is 1. The van der Waals surface area contributed by atoms with E-state index >= 15 is 0 Å². The Balaban J connectivity index is 2.15. The summed E-state index contributed by atoms with van der Waals surface area (Å²) < 4.78 is 8.59. The molecule has 108 valence electrons. The van der Waals surface area contributed by atoms with Gasteiger partial charge in [-0.05, 0) is 48.8 Å². The van der Waals surface area contributed by atoms with Crippen LogP contribution in [-0.4, -0.2) is 20.9 Å². The molecule has 0 unspecified atom stereocenters. The molecule has 0 saturated heterocycles. The highest BCUT2D eigenvalue weighted by Crippen LogP contribution is 2.25. The summed E-state index contributed by atoms with van der Waals surface area (Å²) in [6.07, 6.45) is 1.82.